The average molecular weight is 534 g/mol. The van der Waals surface area contributed by atoms with Gasteiger partial charge >= 0.3 is 5.97 Å². The summed E-state index contributed by atoms with van der Waals surface area (Å²) in [4.78, 5) is 52.2. The number of nitrogens with one attached hydrogen (secondary N) is 2. The van der Waals surface area contributed by atoms with E-state index in [1.54, 1.807) is 66.7 Å². The molecule has 9 heteroatoms. The number of nitrogens with zero attached hydrogens (tertiary/aromatic N) is 1. The van der Waals surface area contributed by atoms with Crippen LogP contribution in [0.15, 0.2) is 78.9 Å². The first-order chi connectivity index (χ1) is 18.3. The highest BCUT2D eigenvalue weighted by Gasteiger charge is 2.37. The van der Waals surface area contributed by atoms with Crippen molar-refractivity contribution >= 4 is 41.0 Å². The molecule has 38 heavy (non-hydrogen) atoms. The number of hydrogen-bond acceptors (Lipinski definition) is 5. The number of benzene rings is 3. The fourth-order valence-electron chi connectivity index (χ4n) is 4.39. The fraction of sp³-hybridized carbons (Fsp3) is 0.241. The fourth-order valence-corrected chi connectivity index (χ4v) is 4.61. The Morgan fingerprint density at radius 3 is 2.42 bits per heavy atom. The number of rotatable bonds is 9. The van der Waals surface area contributed by atoms with Crippen LogP contribution in [0.5, 0.6) is 0 Å². The second-order valence-electron chi connectivity index (χ2n) is 9.01. The van der Waals surface area contributed by atoms with Crippen molar-refractivity contribution in [1.82, 2.24) is 10.2 Å². The minimum Gasteiger partial charge on any atom is -0.467 e. The van der Waals surface area contributed by atoms with Crippen molar-refractivity contribution in [2.24, 2.45) is 0 Å². The number of esters is 1. The second kappa shape index (κ2) is 12.4. The Balaban J connectivity index is 1.41. The minimum absolute atomic E-state index is 0.132. The molecule has 1 aliphatic rings. The lowest BCUT2D eigenvalue weighted by Gasteiger charge is -2.26. The largest absolute Gasteiger partial charge is 0.467 e. The van der Waals surface area contributed by atoms with Crippen LogP contribution in [0.2, 0.25) is 5.02 Å². The molecule has 2 N–H and O–H groups in total. The summed E-state index contributed by atoms with van der Waals surface area (Å²) < 4.78 is 4.92. The van der Waals surface area contributed by atoms with Crippen molar-refractivity contribution in [2.45, 2.75) is 37.9 Å². The number of ether oxygens (including phenoxy) is 1. The molecule has 3 aromatic carbocycles. The lowest BCUT2D eigenvalue weighted by molar-refractivity contribution is -0.146. The van der Waals surface area contributed by atoms with E-state index in [2.05, 4.69) is 10.6 Å². The van der Waals surface area contributed by atoms with Crippen LogP contribution in [0.25, 0.3) is 0 Å². The van der Waals surface area contributed by atoms with Crippen LogP contribution in [0.4, 0.5) is 5.69 Å². The number of halogens is 1. The molecule has 4 rings (SSSR count). The predicted octanol–water partition coefficient (Wildman–Crippen LogP) is 3.98. The summed E-state index contributed by atoms with van der Waals surface area (Å²) in [6.07, 6.45) is 0.785. The first-order valence-corrected chi connectivity index (χ1v) is 12.6. The van der Waals surface area contributed by atoms with Gasteiger partial charge in [-0.1, -0.05) is 54.1 Å². The molecule has 1 fully saturated rings. The van der Waals surface area contributed by atoms with E-state index in [0.717, 1.165) is 11.1 Å². The number of amides is 3. The topological polar surface area (TPSA) is 105 Å². The zero-order chi connectivity index (χ0) is 27.1. The van der Waals surface area contributed by atoms with Crippen molar-refractivity contribution in [3.8, 4) is 0 Å². The van der Waals surface area contributed by atoms with E-state index in [-0.39, 0.29) is 31.2 Å². The third kappa shape index (κ3) is 6.77. The number of carbonyl (C=O) groups is 4. The number of hydrogen-bond donors (Lipinski definition) is 2. The number of carbonyl (C=O) groups excluding carboxylic acids is 4. The molecule has 3 aromatic rings. The molecule has 3 amide bonds. The highest BCUT2D eigenvalue weighted by molar-refractivity contribution is 6.30. The minimum atomic E-state index is -0.944. The molecule has 1 saturated heterocycles. The van der Waals surface area contributed by atoms with E-state index in [9.17, 15) is 19.2 Å². The molecule has 0 bridgehead atoms. The van der Waals surface area contributed by atoms with Gasteiger partial charge in [0.05, 0.1) is 7.11 Å². The molecule has 1 aliphatic heterocycles. The maximum Gasteiger partial charge on any atom is 0.328 e. The van der Waals surface area contributed by atoms with Crippen LogP contribution in [0.1, 0.15) is 34.3 Å². The van der Waals surface area contributed by atoms with E-state index in [0.29, 0.717) is 22.7 Å². The molecule has 2 atom stereocenters. The molecule has 0 aliphatic carbocycles. The Morgan fingerprint density at radius 2 is 1.74 bits per heavy atom. The maximum absolute atomic E-state index is 13.2. The lowest BCUT2D eigenvalue weighted by Crippen LogP contribution is -2.51. The Bertz CT molecular complexity index is 1310. The zero-order valence-corrected chi connectivity index (χ0v) is 21.6. The highest BCUT2D eigenvalue weighted by Crippen LogP contribution is 2.23. The zero-order valence-electron chi connectivity index (χ0n) is 20.9. The van der Waals surface area contributed by atoms with Gasteiger partial charge in [-0.25, -0.2) is 4.79 Å². The van der Waals surface area contributed by atoms with Crippen molar-refractivity contribution < 1.29 is 23.9 Å². The van der Waals surface area contributed by atoms with E-state index in [4.69, 9.17) is 16.3 Å². The Labute approximate surface area is 225 Å². The second-order valence-corrected chi connectivity index (χ2v) is 9.45. The Morgan fingerprint density at radius 1 is 1.00 bits per heavy atom. The monoisotopic (exact) mass is 533 g/mol. The molecule has 8 nitrogen and oxygen atoms in total. The van der Waals surface area contributed by atoms with Crippen molar-refractivity contribution in [3.63, 3.8) is 0 Å². The Hall–Kier alpha value is -4.17. The summed E-state index contributed by atoms with van der Waals surface area (Å²) >= 11 is 6.07. The van der Waals surface area contributed by atoms with Gasteiger partial charge in [-0.15, -0.1) is 0 Å². The van der Waals surface area contributed by atoms with Gasteiger partial charge < -0.3 is 20.3 Å². The van der Waals surface area contributed by atoms with Gasteiger partial charge in [0.15, 0.2) is 0 Å². The predicted molar refractivity (Wildman–Crippen MR) is 144 cm³/mol. The van der Waals surface area contributed by atoms with Crippen molar-refractivity contribution in [1.29, 1.82) is 0 Å². The summed E-state index contributed by atoms with van der Waals surface area (Å²) in [6, 6.07) is 21.3. The van der Waals surface area contributed by atoms with Gasteiger partial charge in [-0.3, -0.25) is 14.4 Å². The lowest BCUT2D eigenvalue weighted by atomic mass is 10.0. The molecule has 0 saturated carbocycles. The van der Waals surface area contributed by atoms with Crippen LogP contribution in [-0.2, 0) is 32.1 Å². The number of anilines is 1. The molecular weight excluding hydrogens is 506 g/mol. The van der Waals surface area contributed by atoms with E-state index < -0.39 is 24.0 Å². The molecule has 0 spiro atoms. The first-order valence-electron chi connectivity index (χ1n) is 12.2. The molecule has 0 aromatic heterocycles. The summed E-state index contributed by atoms with van der Waals surface area (Å²) in [6.45, 7) is 0.247. The van der Waals surface area contributed by atoms with Crippen LogP contribution >= 0.6 is 11.6 Å². The first kappa shape index (κ1) is 26.9. The van der Waals surface area contributed by atoms with Crippen LogP contribution in [-0.4, -0.2) is 47.8 Å². The summed E-state index contributed by atoms with van der Waals surface area (Å²) in [7, 11) is 1.26. The van der Waals surface area contributed by atoms with Gasteiger partial charge in [-0.05, 0) is 53.9 Å². The quantitative estimate of drug-likeness (QED) is 0.405. The van der Waals surface area contributed by atoms with Gasteiger partial charge in [-0.2, -0.15) is 0 Å². The molecular formula is C29H28ClN3O5. The third-order valence-corrected chi connectivity index (χ3v) is 6.60. The van der Waals surface area contributed by atoms with Gasteiger partial charge in [0.1, 0.15) is 12.1 Å². The highest BCUT2D eigenvalue weighted by atomic mass is 35.5. The molecule has 196 valence electrons. The van der Waals surface area contributed by atoms with Crippen LogP contribution < -0.4 is 10.6 Å². The number of methoxy groups -OCH3 is 1. The van der Waals surface area contributed by atoms with E-state index >= 15 is 0 Å². The third-order valence-electron chi connectivity index (χ3n) is 6.36. The summed E-state index contributed by atoms with van der Waals surface area (Å²) in [5.41, 5.74) is 2.72. The van der Waals surface area contributed by atoms with Gasteiger partial charge in [0, 0.05) is 35.7 Å². The Kier molecular flexibility index (Phi) is 8.76. The van der Waals surface area contributed by atoms with Crippen LogP contribution in [0.3, 0.4) is 0 Å². The average Bonchev–Trinajstić information content (AvgIpc) is 3.29. The SMILES string of the molecule is COC(=O)[C@H](Cc1ccc(NC(=O)c2ccccc2)cc1)NC(=O)[C@@H]1CCC(=O)N1Cc1cccc(Cl)c1. The van der Waals surface area contributed by atoms with Gasteiger partial charge in [0.2, 0.25) is 11.8 Å². The smallest absolute Gasteiger partial charge is 0.328 e. The van der Waals surface area contributed by atoms with Crippen molar-refractivity contribution in [2.75, 3.05) is 12.4 Å². The standard InChI is InChI=1S/C29H28ClN3O5/c1-38-29(37)24(17-19-10-12-23(13-11-19)31-27(35)21-7-3-2-4-8-21)32-28(36)25-14-15-26(34)33(25)18-20-6-5-9-22(30)16-20/h2-13,16,24-25H,14-15,17-18H2,1H3,(H,31,35)(H,32,36)/t24-,25-/m0/s1. The van der Waals surface area contributed by atoms with Crippen LogP contribution in [0, 0.1) is 0 Å². The van der Waals surface area contributed by atoms with E-state index in [1.165, 1.54) is 12.0 Å². The summed E-state index contributed by atoms with van der Waals surface area (Å²) in [5, 5.41) is 6.15. The molecule has 0 radical (unpaired) electrons. The van der Waals surface area contributed by atoms with E-state index in [1.807, 2.05) is 12.1 Å². The normalized spacial score (nSPS) is 15.6. The maximum atomic E-state index is 13.2. The molecule has 0 unspecified atom stereocenters. The molecule has 1 heterocycles. The number of likely N-dealkylation sites (tertiary alicyclic amines) is 1. The van der Waals surface area contributed by atoms with Crippen molar-refractivity contribution in [3.05, 3.63) is 101 Å². The summed E-state index contributed by atoms with van der Waals surface area (Å²) in [5.74, 6) is -1.37. The van der Waals surface area contributed by atoms with Gasteiger partial charge in [0.25, 0.3) is 5.91 Å².